The van der Waals surface area contributed by atoms with Gasteiger partial charge in [0.05, 0.1) is 13.2 Å². The zero-order chi connectivity index (χ0) is 14.1. The van der Waals surface area contributed by atoms with Crippen LogP contribution in [-0.2, 0) is 0 Å². The van der Waals surface area contributed by atoms with Crippen LogP contribution in [0.5, 0.6) is 5.75 Å². The lowest BCUT2D eigenvalue weighted by molar-refractivity contribution is 0.414. The van der Waals surface area contributed by atoms with Crippen molar-refractivity contribution in [1.82, 2.24) is 0 Å². The molecule has 3 heteroatoms. The van der Waals surface area contributed by atoms with Crippen LogP contribution in [0.3, 0.4) is 0 Å². The largest absolute Gasteiger partial charge is 0.497 e. The third-order valence-electron chi connectivity index (χ3n) is 3.47. The normalized spacial score (nSPS) is 12.6. The van der Waals surface area contributed by atoms with Gasteiger partial charge in [0.1, 0.15) is 17.1 Å². The minimum absolute atomic E-state index is 0.270. The first-order chi connectivity index (χ1) is 9.67. The van der Waals surface area contributed by atoms with Crippen molar-refractivity contribution in [3.63, 3.8) is 0 Å². The van der Waals surface area contributed by atoms with E-state index < -0.39 is 0 Å². The summed E-state index contributed by atoms with van der Waals surface area (Å²) < 4.78 is 11.0. The van der Waals surface area contributed by atoms with E-state index in [-0.39, 0.29) is 6.04 Å². The number of hydrogen-bond acceptors (Lipinski definition) is 3. The third-order valence-corrected chi connectivity index (χ3v) is 3.47. The van der Waals surface area contributed by atoms with Crippen LogP contribution in [-0.4, -0.2) is 7.11 Å². The second-order valence-electron chi connectivity index (χ2n) is 4.94. The maximum Gasteiger partial charge on any atom is 0.134 e. The molecule has 102 valence electrons. The van der Waals surface area contributed by atoms with Crippen molar-refractivity contribution < 1.29 is 9.15 Å². The Morgan fingerprint density at radius 2 is 1.80 bits per heavy atom. The zero-order valence-electron chi connectivity index (χ0n) is 11.6. The fourth-order valence-corrected chi connectivity index (χ4v) is 2.31. The predicted molar refractivity (Wildman–Crippen MR) is 80.0 cm³/mol. The van der Waals surface area contributed by atoms with Gasteiger partial charge in [-0.2, -0.15) is 0 Å². The van der Waals surface area contributed by atoms with Gasteiger partial charge in [-0.05, 0) is 42.8 Å². The van der Waals surface area contributed by atoms with Crippen molar-refractivity contribution in [3.8, 4) is 5.75 Å². The standard InChI is InChI=1S/C17H17NO2/c1-11-3-8-15-13(9-11)10-16(20-15)17(18)12-4-6-14(19-2)7-5-12/h3-10,17H,18H2,1-2H3. The van der Waals surface area contributed by atoms with Crippen molar-refractivity contribution in [1.29, 1.82) is 0 Å². The number of hydrogen-bond donors (Lipinski definition) is 1. The number of methoxy groups -OCH3 is 1. The van der Waals surface area contributed by atoms with Crippen LogP contribution in [0.2, 0.25) is 0 Å². The van der Waals surface area contributed by atoms with Gasteiger partial charge < -0.3 is 14.9 Å². The van der Waals surface area contributed by atoms with Gasteiger partial charge in [-0.15, -0.1) is 0 Å². The number of benzene rings is 2. The van der Waals surface area contributed by atoms with Crippen LogP contribution >= 0.6 is 0 Å². The van der Waals surface area contributed by atoms with Gasteiger partial charge in [0.2, 0.25) is 0 Å². The van der Waals surface area contributed by atoms with Gasteiger partial charge >= 0.3 is 0 Å². The highest BCUT2D eigenvalue weighted by atomic mass is 16.5. The van der Waals surface area contributed by atoms with Gasteiger partial charge in [0.25, 0.3) is 0 Å². The SMILES string of the molecule is COc1ccc(C(N)c2cc3cc(C)ccc3o2)cc1. The Labute approximate surface area is 118 Å². The molecule has 0 bridgehead atoms. The Morgan fingerprint density at radius 1 is 1.05 bits per heavy atom. The lowest BCUT2D eigenvalue weighted by Crippen LogP contribution is -2.10. The molecule has 0 saturated heterocycles. The van der Waals surface area contributed by atoms with E-state index in [1.165, 1.54) is 5.56 Å². The molecule has 3 aromatic rings. The lowest BCUT2D eigenvalue weighted by Gasteiger charge is -2.09. The molecule has 2 N–H and O–H groups in total. The van der Waals surface area contributed by atoms with E-state index in [1.807, 2.05) is 42.5 Å². The highest BCUT2D eigenvalue weighted by Gasteiger charge is 2.14. The fourth-order valence-electron chi connectivity index (χ4n) is 2.31. The highest BCUT2D eigenvalue weighted by molar-refractivity contribution is 5.78. The summed E-state index contributed by atoms with van der Waals surface area (Å²) in [5.74, 6) is 1.59. The first-order valence-corrected chi connectivity index (χ1v) is 6.57. The average Bonchev–Trinajstić information content (AvgIpc) is 2.89. The van der Waals surface area contributed by atoms with Crippen LogP contribution in [0.1, 0.15) is 22.9 Å². The van der Waals surface area contributed by atoms with Crippen LogP contribution in [0.4, 0.5) is 0 Å². The number of ether oxygens (including phenoxy) is 1. The van der Waals surface area contributed by atoms with E-state index in [2.05, 4.69) is 13.0 Å². The summed E-state index contributed by atoms with van der Waals surface area (Å²) in [6.45, 7) is 2.06. The van der Waals surface area contributed by atoms with E-state index in [1.54, 1.807) is 7.11 Å². The molecule has 20 heavy (non-hydrogen) atoms. The monoisotopic (exact) mass is 267 g/mol. The molecule has 1 atom stereocenters. The number of furan rings is 1. The molecule has 0 amide bonds. The van der Waals surface area contributed by atoms with Crippen molar-refractivity contribution in [2.24, 2.45) is 5.73 Å². The molecule has 0 spiro atoms. The van der Waals surface area contributed by atoms with Crippen molar-refractivity contribution in [3.05, 3.63) is 65.4 Å². The minimum Gasteiger partial charge on any atom is -0.497 e. The number of fused-ring (bicyclic) bond motifs is 1. The Balaban J connectivity index is 1.96. The maximum absolute atomic E-state index is 6.28. The summed E-state index contributed by atoms with van der Waals surface area (Å²) >= 11 is 0. The van der Waals surface area contributed by atoms with Crippen LogP contribution in [0.25, 0.3) is 11.0 Å². The molecule has 0 aliphatic rings. The van der Waals surface area contributed by atoms with Gasteiger partial charge in [-0.1, -0.05) is 23.8 Å². The molecule has 0 saturated carbocycles. The minimum atomic E-state index is -0.270. The fraction of sp³-hybridized carbons (Fsp3) is 0.176. The molecule has 3 nitrogen and oxygen atoms in total. The molecule has 1 heterocycles. The van der Waals surface area contributed by atoms with E-state index >= 15 is 0 Å². The molecular formula is C17H17NO2. The molecule has 1 unspecified atom stereocenters. The summed E-state index contributed by atoms with van der Waals surface area (Å²) in [5.41, 5.74) is 9.36. The van der Waals surface area contributed by atoms with Gasteiger partial charge in [-0.25, -0.2) is 0 Å². The third kappa shape index (κ3) is 2.28. The van der Waals surface area contributed by atoms with E-state index in [9.17, 15) is 0 Å². The molecule has 0 fully saturated rings. The van der Waals surface area contributed by atoms with Gasteiger partial charge in [0.15, 0.2) is 0 Å². The Morgan fingerprint density at radius 3 is 2.50 bits per heavy atom. The number of aryl methyl sites for hydroxylation is 1. The molecule has 0 radical (unpaired) electrons. The second-order valence-corrected chi connectivity index (χ2v) is 4.94. The molecule has 3 rings (SSSR count). The van der Waals surface area contributed by atoms with Crippen LogP contribution < -0.4 is 10.5 Å². The van der Waals surface area contributed by atoms with E-state index in [4.69, 9.17) is 14.9 Å². The second kappa shape index (κ2) is 5.02. The molecule has 0 aliphatic heterocycles. The summed E-state index contributed by atoms with van der Waals surface area (Å²) in [7, 11) is 1.65. The van der Waals surface area contributed by atoms with E-state index in [0.29, 0.717) is 0 Å². The number of rotatable bonds is 3. The smallest absolute Gasteiger partial charge is 0.134 e. The molecular weight excluding hydrogens is 250 g/mol. The first kappa shape index (κ1) is 12.8. The Hall–Kier alpha value is -2.26. The number of nitrogens with two attached hydrogens (primary N) is 1. The van der Waals surface area contributed by atoms with Crippen LogP contribution in [0.15, 0.2) is 52.9 Å². The summed E-state index contributed by atoms with van der Waals surface area (Å²) in [5, 5.41) is 1.09. The quantitative estimate of drug-likeness (QED) is 0.785. The van der Waals surface area contributed by atoms with Crippen molar-refractivity contribution in [2.75, 3.05) is 7.11 Å². The maximum atomic E-state index is 6.28. The molecule has 0 aliphatic carbocycles. The highest BCUT2D eigenvalue weighted by Crippen LogP contribution is 2.28. The van der Waals surface area contributed by atoms with Crippen molar-refractivity contribution >= 4 is 11.0 Å². The van der Waals surface area contributed by atoms with Crippen LogP contribution in [0, 0.1) is 6.92 Å². The predicted octanol–water partition coefficient (Wildman–Crippen LogP) is 3.80. The topological polar surface area (TPSA) is 48.4 Å². The summed E-state index contributed by atoms with van der Waals surface area (Å²) in [4.78, 5) is 0. The average molecular weight is 267 g/mol. The summed E-state index contributed by atoms with van der Waals surface area (Å²) in [6, 6.07) is 15.6. The summed E-state index contributed by atoms with van der Waals surface area (Å²) in [6.07, 6.45) is 0. The van der Waals surface area contributed by atoms with E-state index in [0.717, 1.165) is 28.0 Å². The molecule has 1 aromatic heterocycles. The molecule has 2 aromatic carbocycles. The Kier molecular flexibility index (Phi) is 3.20. The lowest BCUT2D eigenvalue weighted by atomic mass is 10.0. The first-order valence-electron chi connectivity index (χ1n) is 6.57. The zero-order valence-corrected chi connectivity index (χ0v) is 11.6. The Bertz CT molecular complexity index is 728. The van der Waals surface area contributed by atoms with Gasteiger partial charge in [-0.3, -0.25) is 0 Å². The van der Waals surface area contributed by atoms with Gasteiger partial charge in [0, 0.05) is 5.39 Å². The van der Waals surface area contributed by atoms with Crippen molar-refractivity contribution in [2.45, 2.75) is 13.0 Å².